The molecule has 5 rings (SSSR count). The molecule has 25 heavy (non-hydrogen) atoms. The molecule has 124 valence electrons. The van der Waals surface area contributed by atoms with Crippen molar-refractivity contribution in [2.24, 2.45) is 5.92 Å². The lowest BCUT2D eigenvalue weighted by Gasteiger charge is -2.11. The molecule has 0 aromatic heterocycles. The third kappa shape index (κ3) is 2.09. The Morgan fingerprint density at radius 3 is 2.56 bits per heavy atom. The second-order valence-electron chi connectivity index (χ2n) is 6.37. The van der Waals surface area contributed by atoms with Gasteiger partial charge in [-0.15, -0.1) is 0 Å². The molecule has 0 unspecified atom stereocenters. The van der Waals surface area contributed by atoms with Gasteiger partial charge in [0, 0.05) is 11.5 Å². The third-order valence-electron chi connectivity index (χ3n) is 5.00. The monoisotopic (exact) mass is 334 g/mol. The van der Waals surface area contributed by atoms with E-state index in [4.69, 9.17) is 14.2 Å². The molecule has 3 atom stereocenters. The fourth-order valence-corrected chi connectivity index (χ4v) is 3.80. The van der Waals surface area contributed by atoms with Gasteiger partial charge in [0.15, 0.2) is 0 Å². The molecule has 0 radical (unpaired) electrons. The highest BCUT2D eigenvalue weighted by molar-refractivity contribution is 5.94. The van der Waals surface area contributed by atoms with Crippen LogP contribution in [0.3, 0.4) is 0 Å². The Morgan fingerprint density at radius 1 is 0.920 bits per heavy atom. The SMILES string of the molecule is O=C1O[C@@H]2c3ccccc3C[C@@H]2C1=CO[C@@H]1OC(=O)c2ccccc21. The molecule has 0 N–H and O–H groups in total. The summed E-state index contributed by atoms with van der Waals surface area (Å²) in [6.45, 7) is 0. The first-order valence-corrected chi connectivity index (χ1v) is 8.16. The fourth-order valence-electron chi connectivity index (χ4n) is 3.80. The third-order valence-corrected chi connectivity index (χ3v) is 5.00. The van der Waals surface area contributed by atoms with E-state index in [0.717, 1.165) is 12.0 Å². The van der Waals surface area contributed by atoms with E-state index in [9.17, 15) is 9.59 Å². The van der Waals surface area contributed by atoms with Crippen molar-refractivity contribution in [3.05, 3.63) is 82.6 Å². The molecular formula is C20H14O5. The minimum Gasteiger partial charge on any atom is -0.458 e. The van der Waals surface area contributed by atoms with Crippen LogP contribution in [-0.2, 0) is 25.4 Å². The minimum atomic E-state index is -0.827. The van der Waals surface area contributed by atoms with Gasteiger partial charge in [-0.05, 0) is 23.6 Å². The number of carbonyl (C=O) groups is 2. The highest BCUT2D eigenvalue weighted by Crippen LogP contribution is 2.48. The number of benzene rings is 2. The summed E-state index contributed by atoms with van der Waals surface area (Å²) < 4.78 is 16.4. The standard InChI is InChI=1S/C20H14O5/c21-18-13-7-3-4-8-14(13)20(25-18)23-10-16-15-9-11-5-1-2-6-12(11)17(15)24-19(16)22/h1-8,10,15,17,20H,9H2/t15-,17-,20-/m1/s1. The van der Waals surface area contributed by atoms with Gasteiger partial charge in [-0.25, -0.2) is 9.59 Å². The van der Waals surface area contributed by atoms with Gasteiger partial charge in [0.05, 0.1) is 17.4 Å². The number of hydrogen-bond donors (Lipinski definition) is 0. The van der Waals surface area contributed by atoms with Crippen LogP contribution in [0.5, 0.6) is 0 Å². The molecule has 0 saturated carbocycles. The molecule has 1 saturated heterocycles. The first kappa shape index (κ1) is 14.3. The maximum Gasteiger partial charge on any atom is 0.342 e. The number of hydrogen-bond acceptors (Lipinski definition) is 5. The van der Waals surface area contributed by atoms with Crippen molar-refractivity contribution in [2.45, 2.75) is 18.8 Å². The van der Waals surface area contributed by atoms with Crippen LogP contribution in [0.15, 0.2) is 60.4 Å². The molecule has 0 spiro atoms. The Kier molecular flexibility index (Phi) is 2.98. The van der Waals surface area contributed by atoms with Crippen LogP contribution >= 0.6 is 0 Å². The van der Waals surface area contributed by atoms with Gasteiger partial charge in [-0.2, -0.15) is 0 Å². The van der Waals surface area contributed by atoms with E-state index in [-0.39, 0.29) is 18.0 Å². The molecule has 2 aliphatic heterocycles. The highest BCUT2D eigenvalue weighted by Gasteiger charge is 2.46. The van der Waals surface area contributed by atoms with Crippen LogP contribution in [0.4, 0.5) is 0 Å². The number of ether oxygens (including phenoxy) is 3. The molecule has 5 heteroatoms. The Bertz CT molecular complexity index is 929. The molecule has 2 heterocycles. The lowest BCUT2D eigenvalue weighted by molar-refractivity contribution is -0.139. The Labute approximate surface area is 143 Å². The maximum absolute atomic E-state index is 12.2. The number of fused-ring (bicyclic) bond motifs is 4. The largest absolute Gasteiger partial charge is 0.458 e. The van der Waals surface area contributed by atoms with Gasteiger partial charge in [0.25, 0.3) is 6.29 Å². The molecule has 0 bridgehead atoms. The maximum atomic E-state index is 12.2. The van der Waals surface area contributed by atoms with E-state index in [1.165, 1.54) is 11.8 Å². The van der Waals surface area contributed by atoms with E-state index in [1.807, 2.05) is 24.3 Å². The second kappa shape index (κ2) is 5.21. The highest BCUT2D eigenvalue weighted by atomic mass is 16.7. The van der Waals surface area contributed by atoms with Gasteiger partial charge in [-0.1, -0.05) is 42.5 Å². The number of carbonyl (C=O) groups excluding carboxylic acids is 2. The summed E-state index contributed by atoms with van der Waals surface area (Å²) in [5.74, 6) is -0.849. The topological polar surface area (TPSA) is 61.8 Å². The zero-order valence-electron chi connectivity index (χ0n) is 13.2. The van der Waals surface area contributed by atoms with Crippen molar-refractivity contribution in [3.8, 4) is 0 Å². The Hall–Kier alpha value is -3.08. The van der Waals surface area contributed by atoms with Crippen LogP contribution in [0.25, 0.3) is 0 Å². The summed E-state index contributed by atoms with van der Waals surface area (Å²) in [5, 5.41) is 0. The molecule has 3 aliphatic rings. The summed E-state index contributed by atoms with van der Waals surface area (Å²) in [7, 11) is 0. The van der Waals surface area contributed by atoms with Crippen LogP contribution < -0.4 is 0 Å². The Morgan fingerprint density at radius 2 is 1.68 bits per heavy atom. The van der Waals surface area contributed by atoms with E-state index in [2.05, 4.69) is 6.07 Å². The zero-order chi connectivity index (χ0) is 17.0. The summed E-state index contributed by atoms with van der Waals surface area (Å²) in [4.78, 5) is 24.1. The van der Waals surface area contributed by atoms with Crippen molar-refractivity contribution in [2.75, 3.05) is 0 Å². The van der Waals surface area contributed by atoms with Gasteiger partial charge >= 0.3 is 11.9 Å². The normalized spacial score (nSPS) is 27.5. The lowest BCUT2D eigenvalue weighted by atomic mass is 9.98. The van der Waals surface area contributed by atoms with Gasteiger partial charge in [0.2, 0.25) is 0 Å². The van der Waals surface area contributed by atoms with Crippen LogP contribution in [0.2, 0.25) is 0 Å². The van der Waals surface area contributed by atoms with Crippen molar-refractivity contribution in [1.82, 2.24) is 0 Å². The predicted octanol–water partition coefficient (Wildman–Crippen LogP) is 3.23. The van der Waals surface area contributed by atoms with Crippen molar-refractivity contribution < 1.29 is 23.8 Å². The fraction of sp³-hybridized carbons (Fsp3) is 0.200. The van der Waals surface area contributed by atoms with E-state index in [1.54, 1.807) is 18.2 Å². The van der Waals surface area contributed by atoms with E-state index < -0.39 is 12.3 Å². The molecule has 5 nitrogen and oxygen atoms in total. The van der Waals surface area contributed by atoms with Gasteiger partial charge in [0.1, 0.15) is 6.10 Å². The molecule has 2 aromatic rings. The summed E-state index contributed by atoms with van der Waals surface area (Å²) >= 11 is 0. The van der Waals surface area contributed by atoms with Gasteiger partial charge in [-0.3, -0.25) is 0 Å². The summed E-state index contributed by atoms with van der Waals surface area (Å²) in [5.41, 5.74) is 3.89. The van der Waals surface area contributed by atoms with Crippen molar-refractivity contribution in [1.29, 1.82) is 0 Å². The van der Waals surface area contributed by atoms with Crippen LogP contribution in [0.1, 0.15) is 39.4 Å². The number of rotatable bonds is 2. The van der Waals surface area contributed by atoms with Crippen LogP contribution in [-0.4, -0.2) is 11.9 Å². The van der Waals surface area contributed by atoms with Gasteiger partial charge < -0.3 is 14.2 Å². The minimum absolute atomic E-state index is 0.0581. The first-order valence-electron chi connectivity index (χ1n) is 8.16. The van der Waals surface area contributed by atoms with Crippen molar-refractivity contribution >= 4 is 11.9 Å². The quantitative estimate of drug-likeness (QED) is 0.479. The first-order chi connectivity index (χ1) is 12.2. The van der Waals surface area contributed by atoms with Crippen LogP contribution in [0, 0.1) is 5.92 Å². The molecule has 2 aromatic carbocycles. The second-order valence-corrected chi connectivity index (χ2v) is 6.37. The molecule has 0 amide bonds. The zero-order valence-corrected chi connectivity index (χ0v) is 13.2. The molecule has 1 aliphatic carbocycles. The average molecular weight is 334 g/mol. The average Bonchev–Trinajstić information content (AvgIpc) is 3.24. The predicted molar refractivity (Wildman–Crippen MR) is 86.2 cm³/mol. The smallest absolute Gasteiger partial charge is 0.342 e. The molecular weight excluding hydrogens is 320 g/mol. The van der Waals surface area contributed by atoms with E-state index >= 15 is 0 Å². The molecule has 1 fully saturated rings. The summed E-state index contributed by atoms with van der Waals surface area (Å²) in [6, 6.07) is 15.0. The Balaban J connectivity index is 1.42. The summed E-state index contributed by atoms with van der Waals surface area (Å²) in [6.07, 6.45) is 1.06. The van der Waals surface area contributed by atoms with Crippen molar-refractivity contribution in [3.63, 3.8) is 0 Å². The number of cyclic esters (lactones) is 1. The number of esters is 2. The van der Waals surface area contributed by atoms with E-state index in [0.29, 0.717) is 16.7 Å². The lowest BCUT2D eigenvalue weighted by Crippen LogP contribution is -2.07.